The highest BCUT2D eigenvalue weighted by molar-refractivity contribution is 5.37. The Balaban J connectivity index is 1.64. The number of hydrogen-bond donors (Lipinski definition) is 0. The minimum absolute atomic E-state index is 0.0424. The second-order valence-electron chi connectivity index (χ2n) is 6.22. The van der Waals surface area contributed by atoms with Crippen LogP contribution in [0.2, 0.25) is 0 Å². The van der Waals surface area contributed by atoms with Gasteiger partial charge in [-0.15, -0.1) is 0 Å². The van der Waals surface area contributed by atoms with Crippen molar-refractivity contribution in [2.24, 2.45) is 0 Å². The van der Waals surface area contributed by atoms with Gasteiger partial charge >= 0.3 is 0 Å². The van der Waals surface area contributed by atoms with Crippen molar-refractivity contribution < 1.29 is 14.2 Å². The van der Waals surface area contributed by atoms with Crippen LogP contribution in [0.5, 0.6) is 5.75 Å². The third kappa shape index (κ3) is 4.46. The van der Waals surface area contributed by atoms with E-state index in [2.05, 4.69) is 28.5 Å². The molecule has 1 aliphatic heterocycles. The van der Waals surface area contributed by atoms with E-state index in [0.29, 0.717) is 32.9 Å². The average Bonchev–Trinajstić information content (AvgIpc) is 3.09. The topological polar surface area (TPSA) is 74.5 Å². The summed E-state index contributed by atoms with van der Waals surface area (Å²) in [5.74, 6) is 1.61. The summed E-state index contributed by atoms with van der Waals surface area (Å²) in [5.41, 5.74) is 2.36. The number of hydrogen-bond acceptors (Lipinski definition) is 7. The lowest BCUT2D eigenvalue weighted by molar-refractivity contribution is -0.0838. The molecule has 0 bridgehead atoms. The number of aryl methyl sites for hydroxylation is 3. The molecule has 25 heavy (non-hydrogen) atoms. The normalized spacial score (nSPS) is 17.5. The lowest BCUT2D eigenvalue weighted by atomic mass is 10.1. The summed E-state index contributed by atoms with van der Waals surface area (Å²) in [6.07, 6.45) is 0.834. The Hall–Kier alpha value is -2.19. The zero-order valence-corrected chi connectivity index (χ0v) is 15.0. The first-order valence-corrected chi connectivity index (χ1v) is 8.47. The lowest BCUT2D eigenvalue weighted by Crippen LogP contribution is -2.39. The molecule has 0 spiro atoms. The zero-order chi connectivity index (χ0) is 17.6. The predicted molar refractivity (Wildman–Crippen MR) is 93.1 cm³/mol. The molecular weight excluding hydrogens is 322 g/mol. The summed E-state index contributed by atoms with van der Waals surface area (Å²) >= 11 is 0. The van der Waals surface area contributed by atoms with E-state index in [1.54, 1.807) is 7.11 Å². The van der Waals surface area contributed by atoms with Crippen molar-refractivity contribution in [3.05, 3.63) is 29.3 Å². The number of tetrazole rings is 1. The Morgan fingerprint density at radius 3 is 3.00 bits per heavy atom. The van der Waals surface area contributed by atoms with Crippen LogP contribution >= 0.6 is 0 Å². The van der Waals surface area contributed by atoms with Crippen LogP contribution in [-0.2, 0) is 22.4 Å². The first-order valence-electron chi connectivity index (χ1n) is 8.47. The van der Waals surface area contributed by atoms with Crippen LogP contribution in [0.3, 0.4) is 0 Å². The van der Waals surface area contributed by atoms with Gasteiger partial charge in [0, 0.05) is 13.6 Å². The van der Waals surface area contributed by atoms with Gasteiger partial charge in [0.15, 0.2) is 0 Å². The second-order valence-corrected chi connectivity index (χ2v) is 6.22. The van der Waals surface area contributed by atoms with Gasteiger partial charge in [0.25, 0.3) is 0 Å². The molecule has 0 amide bonds. The Kier molecular flexibility index (Phi) is 5.83. The van der Waals surface area contributed by atoms with Crippen molar-refractivity contribution in [3.8, 4) is 5.75 Å². The van der Waals surface area contributed by atoms with E-state index in [1.165, 1.54) is 5.56 Å². The van der Waals surface area contributed by atoms with Gasteiger partial charge in [0.05, 0.1) is 39.6 Å². The number of nitrogens with zero attached hydrogens (tertiary/aromatic N) is 5. The third-order valence-corrected chi connectivity index (χ3v) is 4.25. The van der Waals surface area contributed by atoms with Crippen molar-refractivity contribution in [3.63, 3.8) is 0 Å². The molecule has 8 nitrogen and oxygen atoms in total. The molecule has 2 heterocycles. The smallest absolute Gasteiger partial charge is 0.245 e. The van der Waals surface area contributed by atoms with Crippen LogP contribution in [0.4, 0.5) is 5.95 Å². The molecule has 0 N–H and O–H groups in total. The Morgan fingerprint density at radius 1 is 1.36 bits per heavy atom. The summed E-state index contributed by atoms with van der Waals surface area (Å²) in [4.78, 5) is 2.01. The van der Waals surface area contributed by atoms with Crippen molar-refractivity contribution in [2.45, 2.75) is 26.0 Å². The molecule has 1 fully saturated rings. The number of rotatable bonds is 7. The van der Waals surface area contributed by atoms with Crippen LogP contribution < -0.4 is 9.64 Å². The van der Waals surface area contributed by atoms with Gasteiger partial charge in [0.2, 0.25) is 5.95 Å². The van der Waals surface area contributed by atoms with E-state index in [4.69, 9.17) is 14.2 Å². The van der Waals surface area contributed by atoms with Crippen LogP contribution in [-0.4, -0.2) is 66.8 Å². The fraction of sp³-hybridized carbons (Fsp3) is 0.588. The highest BCUT2D eigenvalue weighted by Crippen LogP contribution is 2.21. The molecule has 2 aromatic rings. The van der Waals surface area contributed by atoms with Gasteiger partial charge in [-0.3, -0.25) is 0 Å². The number of anilines is 1. The van der Waals surface area contributed by atoms with Gasteiger partial charge in [0.1, 0.15) is 5.75 Å². The quantitative estimate of drug-likeness (QED) is 0.742. The van der Waals surface area contributed by atoms with Crippen LogP contribution in [0.15, 0.2) is 18.2 Å². The Labute approximate surface area is 147 Å². The van der Waals surface area contributed by atoms with E-state index < -0.39 is 0 Å². The molecule has 1 aromatic heterocycles. The summed E-state index contributed by atoms with van der Waals surface area (Å²) in [5, 5.41) is 12.1. The maximum Gasteiger partial charge on any atom is 0.245 e. The molecule has 1 saturated heterocycles. The molecule has 0 saturated carbocycles. The maximum absolute atomic E-state index is 5.70. The van der Waals surface area contributed by atoms with Gasteiger partial charge in [-0.1, -0.05) is 22.8 Å². The second kappa shape index (κ2) is 8.26. The van der Waals surface area contributed by atoms with Crippen molar-refractivity contribution in [1.29, 1.82) is 0 Å². The summed E-state index contributed by atoms with van der Waals surface area (Å²) in [7, 11) is 3.66. The standard InChI is InChI=1S/C17H25N5O3/c1-13-4-5-16(23-3)14(10-13)6-7-22-17(18-19-20-22)21(2)11-15-12-24-8-9-25-15/h4-5,10,15H,6-9,11-12H2,1-3H3. The Bertz CT molecular complexity index is 685. The van der Waals surface area contributed by atoms with E-state index >= 15 is 0 Å². The Morgan fingerprint density at radius 2 is 2.24 bits per heavy atom. The number of aromatic nitrogens is 4. The van der Waals surface area contributed by atoms with Crippen molar-refractivity contribution in [2.75, 3.05) is 45.4 Å². The fourth-order valence-corrected chi connectivity index (χ4v) is 2.98. The SMILES string of the molecule is COc1ccc(C)cc1CCn1nnnc1N(C)CC1COCCO1. The highest BCUT2D eigenvalue weighted by atomic mass is 16.6. The number of likely N-dealkylation sites (N-methyl/N-ethyl adjacent to an activating group) is 1. The van der Waals surface area contributed by atoms with E-state index in [-0.39, 0.29) is 6.10 Å². The molecule has 3 rings (SSSR count). The molecule has 1 aromatic carbocycles. The lowest BCUT2D eigenvalue weighted by Gasteiger charge is -2.27. The fourth-order valence-electron chi connectivity index (χ4n) is 2.98. The molecule has 1 aliphatic rings. The molecule has 1 atom stereocenters. The third-order valence-electron chi connectivity index (χ3n) is 4.25. The van der Waals surface area contributed by atoms with Crippen LogP contribution in [0.1, 0.15) is 11.1 Å². The summed E-state index contributed by atoms with van der Waals surface area (Å²) < 4.78 is 18.4. The molecule has 1 unspecified atom stereocenters. The summed E-state index contributed by atoms with van der Waals surface area (Å²) in [6, 6.07) is 6.18. The minimum Gasteiger partial charge on any atom is -0.496 e. The van der Waals surface area contributed by atoms with Gasteiger partial charge in [-0.05, 0) is 35.4 Å². The number of methoxy groups -OCH3 is 1. The number of benzene rings is 1. The van der Waals surface area contributed by atoms with Crippen molar-refractivity contribution in [1.82, 2.24) is 20.2 Å². The van der Waals surface area contributed by atoms with Gasteiger partial charge in [-0.2, -0.15) is 0 Å². The average molecular weight is 347 g/mol. The van der Waals surface area contributed by atoms with Crippen molar-refractivity contribution >= 4 is 5.95 Å². The van der Waals surface area contributed by atoms with Crippen LogP contribution in [0.25, 0.3) is 0 Å². The molecular formula is C17H25N5O3. The predicted octanol–water partition coefficient (Wildman–Crippen LogP) is 1.08. The molecule has 0 radical (unpaired) electrons. The van der Waals surface area contributed by atoms with Crippen LogP contribution in [0, 0.1) is 6.92 Å². The van der Waals surface area contributed by atoms with E-state index in [1.807, 2.05) is 28.8 Å². The minimum atomic E-state index is 0.0424. The summed E-state index contributed by atoms with van der Waals surface area (Å²) in [6.45, 7) is 5.34. The monoisotopic (exact) mass is 347 g/mol. The highest BCUT2D eigenvalue weighted by Gasteiger charge is 2.20. The van der Waals surface area contributed by atoms with Gasteiger partial charge in [-0.25, -0.2) is 4.68 Å². The molecule has 0 aliphatic carbocycles. The van der Waals surface area contributed by atoms with E-state index in [0.717, 1.165) is 23.7 Å². The molecule has 8 heteroatoms. The first-order chi connectivity index (χ1) is 12.2. The largest absolute Gasteiger partial charge is 0.496 e. The van der Waals surface area contributed by atoms with E-state index in [9.17, 15) is 0 Å². The van der Waals surface area contributed by atoms with Gasteiger partial charge < -0.3 is 19.1 Å². The zero-order valence-electron chi connectivity index (χ0n) is 15.0. The maximum atomic E-state index is 5.70. The number of ether oxygens (including phenoxy) is 3. The first kappa shape index (κ1) is 17.6. The molecule has 136 valence electrons.